The van der Waals surface area contributed by atoms with Crippen LogP contribution in [0.3, 0.4) is 0 Å². The molecule has 1 fully saturated rings. The molecule has 0 saturated carbocycles. The van der Waals surface area contributed by atoms with Crippen molar-refractivity contribution >= 4 is 28.5 Å². The van der Waals surface area contributed by atoms with Crippen molar-refractivity contribution in [2.24, 2.45) is 0 Å². The van der Waals surface area contributed by atoms with E-state index in [0.717, 1.165) is 5.52 Å². The number of para-hydroxylation sites is 2. The summed E-state index contributed by atoms with van der Waals surface area (Å²) in [6.07, 6.45) is 0.0983. The maximum Gasteiger partial charge on any atom is 0.259 e. The molecule has 0 spiro atoms. The molecule has 6 nitrogen and oxygen atoms in total. The molecule has 108 valence electrons. The summed E-state index contributed by atoms with van der Waals surface area (Å²) in [7, 11) is 0. The van der Waals surface area contributed by atoms with E-state index in [1.54, 1.807) is 28.9 Å². The van der Waals surface area contributed by atoms with Gasteiger partial charge >= 0.3 is 0 Å². The van der Waals surface area contributed by atoms with E-state index in [0.29, 0.717) is 11.2 Å². The van der Waals surface area contributed by atoms with Gasteiger partial charge in [0.05, 0.1) is 17.6 Å². The van der Waals surface area contributed by atoms with Crippen LogP contribution in [0.4, 0.5) is 5.69 Å². The van der Waals surface area contributed by atoms with E-state index in [4.69, 9.17) is 0 Å². The third-order valence-electron chi connectivity index (χ3n) is 3.81. The first-order valence-corrected chi connectivity index (χ1v) is 6.97. The minimum atomic E-state index is -0.639. The van der Waals surface area contributed by atoms with Crippen molar-refractivity contribution in [2.75, 3.05) is 4.90 Å². The lowest BCUT2D eigenvalue weighted by Crippen LogP contribution is -2.31. The number of fused-ring (bicyclic) bond motifs is 1. The Balaban J connectivity index is 1.76. The first-order valence-electron chi connectivity index (χ1n) is 6.97. The molecule has 1 aromatic heterocycles. The van der Waals surface area contributed by atoms with Crippen LogP contribution in [0.5, 0.6) is 0 Å². The Morgan fingerprint density at radius 2 is 1.68 bits per heavy atom. The number of hydrogen-bond donors (Lipinski definition) is 0. The van der Waals surface area contributed by atoms with Gasteiger partial charge < -0.3 is 0 Å². The second-order valence-electron chi connectivity index (χ2n) is 5.15. The Bertz CT molecular complexity index is 872. The van der Waals surface area contributed by atoms with Gasteiger partial charge in [0, 0.05) is 0 Å². The number of amides is 2. The summed E-state index contributed by atoms with van der Waals surface area (Å²) >= 11 is 0. The van der Waals surface area contributed by atoms with Gasteiger partial charge in [0.1, 0.15) is 11.6 Å². The van der Waals surface area contributed by atoms with E-state index < -0.39 is 6.04 Å². The number of imide groups is 1. The highest BCUT2D eigenvalue weighted by molar-refractivity contribution is 6.21. The molecule has 2 amide bonds. The average Bonchev–Trinajstić information content (AvgIpc) is 3.09. The zero-order valence-electron chi connectivity index (χ0n) is 11.6. The number of carbonyl (C=O) groups excluding carboxylic acids is 2. The predicted molar refractivity (Wildman–Crippen MR) is 80.1 cm³/mol. The Labute approximate surface area is 126 Å². The Kier molecular flexibility index (Phi) is 2.75. The van der Waals surface area contributed by atoms with Crippen molar-refractivity contribution in [3.05, 3.63) is 54.6 Å². The molecule has 1 aliphatic heterocycles. The fraction of sp³-hybridized carbons (Fsp3) is 0.125. The number of anilines is 1. The first-order chi connectivity index (χ1) is 10.8. The van der Waals surface area contributed by atoms with Crippen LogP contribution in [0, 0.1) is 0 Å². The molecule has 6 heteroatoms. The molecule has 4 rings (SSSR count). The summed E-state index contributed by atoms with van der Waals surface area (Å²) in [4.78, 5) is 26.2. The average molecular weight is 292 g/mol. The Hall–Kier alpha value is -3.02. The van der Waals surface area contributed by atoms with Gasteiger partial charge in [0.2, 0.25) is 5.91 Å². The van der Waals surface area contributed by atoms with E-state index in [9.17, 15) is 9.59 Å². The summed E-state index contributed by atoms with van der Waals surface area (Å²) in [5.41, 5.74) is 2.05. The molecular weight excluding hydrogens is 280 g/mol. The van der Waals surface area contributed by atoms with Gasteiger partial charge in [-0.1, -0.05) is 35.5 Å². The molecule has 0 N–H and O–H groups in total. The van der Waals surface area contributed by atoms with Crippen molar-refractivity contribution < 1.29 is 9.59 Å². The molecule has 3 aromatic rings. The molecule has 1 aliphatic rings. The van der Waals surface area contributed by atoms with Gasteiger partial charge in [0.25, 0.3) is 5.91 Å². The van der Waals surface area contributed by atoms with Crippen molar-refractivity contribution in [1.82, 2.24) is 15.0 Å². The smallest absolute Gasteiger partial charge is 0.259 e. The fourth-order valence-electron chi connectivity index (χ4n) is 2.77. The number of benzene rings is 2. The van der Waals surface area contributed by atoms with Crippen molar-refractivity contribution in [2.45, 2.75) is 12.5 Å². The SMILES string of the molecule is O=C1CC(n2nnc3ccccc32)C(=O)N1c1ccccc1. The standard InChI is InChI=1S/C16H12N4O2/c21-15-10-14(16(22)19(15)11-6-2-1-3-7-11)20-13-9-5-4-8-12(13)17-18-20/h1-9,14H,10H2. The van der Waals surface area contributed by atoms with Crippen LogP contribution in [-0.4, -0.2) is 26.8 Å². The lowest BCUT2D eigenvalue weighted by atomic mass is 10.2. The van der Waals surface area contributed by atoms with E-state index in [-0.39, 0.29) is 18.2 Å². The van der Waals surface area contributed by atoms with Crippen LogP contribution in [0.1, 0.15) is 12.5 Å². The van der Waals surface area contributed by atoms with Crippen molar-refractivity contribution in [1.29, 1.82) is 0 Å². The topological polar surface area (TPSA) is 68.1 Å². The van der Waals surface area contributed by atoms with Crippen molar-refractivity contribution in [3.8, 4) is 0 Å². The van der Waals surface area contributed by atoms with E-state index >= 15 is 0 Å². The summed E-state index contributed by atoms with van der Waals surface area (Å²) in [6.45, 7) is 0. The highest BCUT2D eigenvalue weighted by atomic mass is 16.2. The summed E-state index contributed by atoms with van der Waals surface area (Å²) < 4.78 is 1.54. The Morgan fingerprint density at radius 3 is 2.50 bits per heavy atom. The number of aromatic nitrogens is 3. The molecular formula is C16H12N4O2. The minimum absolute atomic E-state index is 0.0983. The van der Waals surface area contributed by atoms with Gasteiger partial charge in [-0.05, 0) is 24.3 Å². The van der Waals surface area contributed by atoms with E-state index in [2.05, 4.69) is 10.3 Å². The number of nitrogens with zero attached hydrogens (tertiary/aromatic N) is 4. The number of hydrogen-bond acceptors (Lipinski definition) is 4. The van der Waals surface area contributed by atoms with Crippen LogP contribution >= 0.6 is 0 Å². The first kappa shape index (κ1) is 12.7. The van der Waals surface area contributed by atoms with Crippen LogP contribution in [0.15, 0.2) is 54.6 Å². The van der Waals surface area contributed by atoms with Crippen LogP contribution < -0.4 is 4.90 Å². The second-order valence-corrected chi connectivity index (χ2v) is 5.15. The summed E-state index contributed by atoms with van der Waals surface area (Å²) in [5.74, 6) is -0.493. The largest absolute Gasteiger partial charge is 0.274 e. The second kappa shape index (κ2) is 4.77. The molecule has 1 atom stereocenters. The van der Waals surface area contributed by atoms with Crippen LogP contribution in [0.2, 0.25) is 0 Å². The summed E-state index contributed by atoms with van der Waals surface area (Å²) in [6, 6.07) is 15.7. The zero-order chi connectivity index (χ0) is 15.1. The molecule has 0 radical (unpaired) electrons. The van der Waals surface area contributed by atoms with E-state index in [1.807, 2.05) is 30.3 Å². The zero-order valence-corrected chi connectivity index (χ0v) is 11.6. The summed E-state index contributed by atoms with van der Waals surface area (Å²) in [5, 5.41) is 8.11. The fourth-order valence-corrected chi connectivity index (χ4v) is 2.77. The highest BCUT2D eigenvalue weighted by Gasteiger charge is 2.41. The van der Waals surface area contributed by atoms with Gasteiger partial charge in [0.15, 0.2) is 0 Å². The maximum atomic E-state index is 12.7. The van der Waals surface area contributed by atoms with Gasteiger partial charge in [-0.3, -0.25) is 9.59 Å². The normalized spacial score (nSPS) is 18.4. The predicted octanol–water partition coefficient (Wildman–Crippen LogP) is 1.94. The number of carbonyl (C=O) groups is 2. The minimum Gasteiger partial charge on any atom is -0.274 e. The molecule has 0 aliphatic carbocycles. The monoisotopic (exact) mass is 292 g/mol. The van der Waals surface area contributed by atoms with Crippen LogP contribution in [-0.2, 0) is 9.59 Å². The molecule has 1 unspecified atom stereocenters. The molecule has 22 heavy (non-hydrogen) atoms. The third kappa shape index (κ3) is 1.81. The van der Waals surface area contributed by atoms with Crippen molar-refractivity contribution in [3.63, 3.8) is 0 Å². The Morgan fingerprint density at radius 1 is 0.955 bits per heavy atom. The molecule has 0 bridgehead atoms. The quantitative estimate of drug-likeness (QED) is 0.677. The third-order valence-corrected chi connectivity index (χ3v) is 3.81. The molecule has 1 saturated heterocycles. The lowest BCUT2D eigenvalue weighted by Gasteiger charge is -2.14. The highest BCUT2D eigenvalue weighted by Crippen LogP contribution is 2.30. The van der Waals surface area contributed by atoms with Gasteiger partial charge in [-0.25, -0.2) is 9.58 Å². The van der Waals surface area contributed by atoms with Crippen LogP contribution in [0.25, 0.3) is 11.0 Å². The van der Waals surface area contributed by atoms with Gasteiger partial charge in [-0.2, -0.15) is 0 Å². The lowest BCUT2D eigenvalue weighted by molar-refractivity contribution is -0.122. The van der Waals surface area contributed by atoms with Gasteiger partial charge in [-0.15, -0.1) is 5.10 Å². The molecule has 2 heterocycles. The number of rotatable bonds is 2. The molecule has 2 aromatic carbocycles. The van der Waals surface area contributed by atoms with E-state index in [1.165, 1.54) is 4.90 Å². The maximum absolute atomic E-state index is 12.7.